The SMILES string of the molecule is C#CCCCCNC(=O)c1cc(N)c(C)c(F)c1. The number of unbranched alkanes of at least 4 members (excludes halogenated alkanes) is 2. The first-order valence-electron chi connectivity index (χ1n) is 5.83. The molecule has 0 radical (unpaired) electrons. The minimum atomic E-state index is -0.465. The van der Waals surface area contributed by atoms with Gasteiger partial charge in [-0.2, -0.15) is 0 Å². The summed E-state index contributed by atoms with van der Waals surface area (Å²) in [5.41, 5.74) is 6.50. The van der Waals surface area contributed by atoms with Crippen LogP contribution in [0.15, 0.2) is 12.1 Å². The maximum absolute atomic E-state index is 13.4. The van der Waals surface area contributed by atoms with E-state index in [4.69, 9.17) is 12.2 Å². The Morgan fingerprint density at radius 3 is 2.83 bits per heavy atom. The Kier molecular flexibility index (Phi) is 5.19. The zero-order valence-corrected chi connectivity index (χ0v) is 10.4. The Hall–Kier alpha value is -2.02. The van der Waals surface area contributed by atoms with E-state index in [0.717, 1.165) is 12.8 Å². The van der Waals surface area contributed by atoms with Crippen molar-refractivity contribution in [2.45, 2.75) is 26.2 Å². The van der Waals surface area contributed by atoms with Crippen molar-refractivity contribution in [1.82, 2.24) is 5.32 Å². The summed E-state index contributed by atoms with van der Waals surface area (Å²) in [4.78, 5) is 11.7. The van der Waals surface area contributed by atoms with E-state index in [1.165, 1.54) is 12.1 Å². The van der Waals surface area contributed by atoms with E-state index in [1.54, 1.807) is 6.92 Å². The third-order valence-electron chi connectivity index (χ3n) is 2.68. The molecule has 0 fully saturated rings. The summed E-state index contributed by atoms with van der Waals surface area (Å²) in [7, 11) is 0. The lowest BCUT2D eigenvalue weighted by Crippen LogP contribution is -2.24. The molecule has 3 N–H and O–H groups in total. The number of rotatable bonds is 5. The summed E-state index contributed by atoms with van der Waals surface area (Å²) in [6.07, 6.45) is 7.48. The van der Waals surface area contributed by atoms with Crippen molar-refractivity contribution in [1.29, 1.82) is 0 Å². The molecule has 0 aromatic heterocycles. The lowest BCUT2D eigenvalue weighted by atomic mass is 10.1. The van der Waals surface area contributed by atoms with Crippen molar-refractivity contribution >= 4 is 11.6 Å². The number of carbonyl (C=O) groups is 1. The summed E-state index contributed by atoms with van der Waals surface area (Å²) < 4.78 is 13.4. The van der Waals surface area contributed by atoms with Crippen LogP contribution in [0.4, 0.5) is 10.1 Å². The van der Waals surface area contributed by atoms with Crippen LogP contribution in [0.25, 0.3) is 0 Å². The molecule has 0 heterocycles. The predicted molar refractivity (Wildman–Crippen MR) is 70.6 cm³/mol. The average Bonchev–Trinajstić information content (AvgIpc) is 2.34. The van der Waals surface area contributed by atoms with Gasteiger partial charge in [0.2, 0.25) is 0 Å². The molecule has 0 aliphatic rings. The van der Waals surface area contributed by atoms with Crippen LogP contribution >= 0.6 is 0 Å². The summed E-state index contributed by atoms with van der Waals surface area (Å²) >= 11 is 0. The molecule has 3 nitrogen and oxygen atoms in total. The highest BCUT2D eigenvalue weighted by atomic mass is 19.1. The van der Waals surface area contributed by atoms with Crippen molar-refractivity contribution in [2.24, 2.45) is 0 Å². The van der Waals surface area contributed by atoms with E-state index in [1.807, 2.05) is 0 Å². The van der Waals surface area contributed by atoms with E-state index < -0.39 is 5.82 Å². The minimum Gasteiger partial charge on any atom is -0.398 e. The number of nitrogen functional groups attached to an aromatic ring is 1. The summed E-state index contributed by atoms with van der Waals surface area (Å²) in [6.45, 7) is 2.10. The highest BCUT2D eigenvalue weighted by Crippen LogP contribution is 2.17. The van der Waals surface area contributed by atoms with Gasteiger partial charge in [0, 0.05) is 29.8 Å². The molecule has 0 saturated carbocycles. The van der Waals surface area contributed by atoms with Gasteiger partial charge in [-0.1, -0.05) is 0 Å². The van der Waals surface area contributed by atoms with Gasteiger partial charge in [-0.15, -0.1) is 12.3 Å². The highest BCUT2D eigenvalue weighted by molar-refractivity contribution is 5.95. The van der Waals surface area contributed by atoms with Crippen LogP contribution in [0.5, 0.6) is 0 Å². The zero-order valence-electron chi connectivity index (χ0n) is 10.4. The number of anilines is 1. The van der Waals surface area contributed by atoms with Gasteiger partial charge >= 0.3 is 0 Å². The Balaban J connectivity index is 2.55. The summed E-state index contributed by atoms with van der Waals surface area (Å²) in [6, 6.07) is 2.68. The first kappa shape index (κ1) is 14.0. The van der Waals surface area contributed by atoms with Gasteiger partial charge < -0.3 is 11.1 Å². The van der Waals surface area contributed by atoms with E-state index in [2.05, 4.69) is 11.2 Å². The Morgan fingerprint density at radius 1 is 1.50 bits per heavy atom. The first-order valence-corrected chi connectivity index (χ1v) is 5.83. The zero-order chi connectivity index (χ0) is 13.5. The van der Waals surface area contributed by atoms with Gasteiger partial charge in [0.25, 0.3) is 5.91 Å². The average molecular weight is 248 g/mol. The molecule has 0 bridgehead atoms. The third kappa shape index (κ3) is 3.77. The molecule has 96 valence electrons. The first-order chi connectivity index (χ1) is 8.56. The van der Waals surface area contributed by atoms with E-state index in [0.29, 0.717) is 18.5 Å². The van der Waals surface area contributed by atoms with Crippen molar-refractivity contribution < 1.29 is 9.18 Å². The van der Waals surface area contributed by atoms with Crippen LogP contribution in [-0.4, -0.2) is 12.5 Å². The maximum Gasteiger partial charge on any atom is 0.251 e. The second kappa shape index (κ2) is 6.65. The topological polar surface area (TPSA) is 55.1 Å². The molecule has 1 aromatic carbocycles. The molecule has 1 aromatic rings. The van der Waals surface area contributed by atoms with Crippen LogP contribution in [0.1, 0.15) is 35.2 Å². The van der Waals surface area contributed by atoms with Gasteiger partial charge in [-0.25, -0.2) is 4.39 Å². The largest absolute Gasteiger partial charge is 0.398 e. The molecule has 0 aliphatic heterocycles. The maximum atomic E-state index is 13.4. The summed E-state index contributed by atoms with van der Waals surface area (Å²) in [5, 5.41) is 2.70. The van der Waals surface area contributed by atoms with E-state index >= 15 is 0 Å². The third-order valence-corrected chi connectivity index (χ3v) is 2.68. The summed E-state index contributed by atoms with van der Waals surface area (Å²) in [5.74, 6) is 1.75. The van der Waals surface area contributed by atoms with Crippen molar-refractivity contribution in [3.05, 3.63) is 29.1 Å². The fraction of sp³-hybridized carbons (Fsp3) is 0.357. The number of nitrogens with two attached hydrogens (primary N) is 1. The molecule has 0 atom stereocenters. The normalized spacial score (nSPS) is 9.83. The Bertz CT molecular complexity index is 454. The second-order valence-electron chi connectivity index (χ2n) is 4.09. The number of terminal acetylenes is 1. The highest BCUT2D eigenvalue weighted by Gasteiger charge is 2.10. The number of amides is 1. The minimum absolute atomic E-state index is 0.243. The number of benzene rings is 1. The van der Waals surface area contributed by atoms with Crippen LogP contribution in [0, 0.1) is 25.1 Å². The van der Waals surface area contributed by atoms with Crippen LogP contribution < -0.4 is 11.1 Å². The standard InChI is InChI=1S/C14H17FN2O/c1-3-4-5-6-7-17-14(18)11-8-12(15)10(2)13(16)9-11/h1,8-9H,4-7,16H2,2H3,(H,17,18). The molecule has 4 heteroatoms. The molecular weight excluding hydrogens is 231 g/mol. The monoisotopic (exact) mass is 248 g/mol. The molecular formula is C14H17FN2O. The van der Waals surface area contributed by atoms with E-state index in [-0.39, 0.29) is 17.2 Å². The predicted octanol–water partition coefficient (Wildman–Crippen LogP) is 2.25. The van der Waals surface area contributed by atoms with Gasteiger partial charge in [0.15, 0.2) is 0 Å². The molecule has 0 aliphatic carbocycles. The lowest BCUT2D eigenvalue weighted by Gasteiger charge is -2.07. The lowest BCUT2D eigenvalue weighted by molar-refractivity contribution is 0.0952. The van der Waals surface area contributed by atoms with E-state index in [9.17, 15) is 9.18 Å². The van der Waals surface area contributed by atoms with Gasteiger partial charge in [-0.3, -0.25) is 4.79 Å². The molecule has 0 unspecified atom stereocenters. The smallest absolute Gasteiger partial charge is 0.251 e. The molecule has 1 rings (SSSR count). The van der Waals surface area contributed by atoms with Crippen molar-refractivity contribution in [3.63, 3.8) is 0 Å². The van der Waals surface area contributed by atoms with Crippen LogP contribution in [-0.2, 0) is 0 Å². The second-order valence-corrected chi connectivity index (χ2v) is 4.09. The molecule has 18 heavy (non-hydrogen) atoms. The van der Waals surface area contributed by atoms with Crippen LogP contribution in [0.3, 0.4) is 0 Å². The van der Waals surface area contributed by atoms with Crippen molar-refractivity contribution in [3.8, 4) is 12.3 Å². The fourth-order valence-electron chi connectivity index (χ4n) is 1.49. The quantitative estimate of drug-likeness (QED) is 0.477. The Morgan fingerprint density at radius 2 is 2.22 bits per heavy atom. The van der Waals surface area contributed by atoms with Gasteiger partial charge in [-0.05, 0) is 31.9 Å². The number of hydrogen-bond acceptors (Lipinski definition) is 2. The Labute approximate surface area is 107 Å². The van der Waals surface area contributed by atoms with Gasteiger partial charge in [0.1, 0.15) is 5.82 Å². The molecule has 0 saturated heterocycles. The number of halogens is 1. The molecule has 0 spiro atoms. The molecule has 1 amide bonds. The van der Waals surface area contributed by atoms with Gasteiger partial charge in [0.05, 0.1) is 0 Å². The fourth-order valence-corrected chi connectivity index (χ4v) is 1.49. The van der Waals surface area contributed by atoms with Crippen molar-refractivity contribution in [2.75, 3.05) is 12.3 Å². The number of carbonyl (C=O) groups excluding carboxylic acids is 1. The van der Waals surface area contributed by atoms with Crippen LogP contribution in [0.2, 0.25) is 0 Å². The number of hydrogen-bond donors (Lipinski definition) is 2. The number of nitrogens with one attached hydrogen (secondary N) is 1.